The van der Waals surface area contributed by atoms with E-state index in [9.17, 15) is 44.3 Å². The van der Waals surface area contributed by atoms with Gasteiger partial charge in [0.15, 0.2) is 0 Å². The summed E-state index contributed by atoms with van der Waals surface area (Å²) in [5, 5.41) is -1.23. The first kappa shape index (κ1) is 25.1. The number of hydrogen-bond acceptors (Lipinski definition) is 1. The highest BCUT2D eigenvalue weighted by atomic mass is 19.4. The Bertz CT molecular complexity index is 1610. The van der Waals surface area contributed by atoms with E-state index >= 15 is 0 Å². The fraction of sp³-hybridized carbons (Fsp3) is 0.222. The third-order valence-electron chi connectivity index (χ3n) is 6.67. The molecule has 192 valence electrons. The molecule has 0 aliphatic rings. The number of carbonyl (C=O) groups is 1. The highest BCUT2D eigenvalue weighted by Gasteiger charge is 2.40. The summed E-state index contributed by atoms with van der Waals surface area (Å²) >= 11 is 0. The average Bonchev–Trinajstić information content (AvgIpc) is 2.80. The molecular weight excluding hydrogens is 511 g/mol. The number of aryl methyl sites for hydroxylation is 1. The van der Waals surface area contributed by atoms with Crippen LogP contribution in [0.2, 0.25) is 0 Å². The third kappa shape index (κ3) is 3.93. The van der Waals surface area contributed by atoms with Crippen molar-refractivity contribution in [3.05, 3.63) is 70.8 Å². The van der Waals surface area contributed by atoms with Crippen LogP contribution in [-0.2, 0) is 29.7 Å². The van der Waals surface area contributed by atoms with Crippen LogP contribution in [0.15, 0.2) is 48.5 Å². The second kappa shape index (κ2) is 8.22. The molecule has 0 aliphatic carbocycles. The van der Waals surface area contributed by atoms with Crippen molar-refractivity contribution in [1.29, 1.82) is 0 Å². The molecule has 0 aliphatic heterocycles. The minimum absolute atomic E-state index is 0.0135. The SMILES string of the molecule is O=CCCCc1ccc2c3ccc(C(F)(F)F)c4c(C(F)(F)F)ccc(c5ccc(C(F)(F)F)c1c25)c43. The van der Waals surface area contributed by atoms with Gasteiger partial charge in [-0.25, -0.2) is 0 Å². The number of rotatable bonds is 4. The normalized spacial score (nSPS) is 13.4. The zero-order chi connectivity index (χ0) is 26.9. The predicted octanol–water partition coefficient (Wildman–Crippen LogP) is 9.32. The minimum atomic E-state index is -5.10. The molecule has 0 heterocycles. The maximum atomic E-state index is 14.1. The molecule has 5 aromatic rings. The topological polar surface area (TPSA) is 17.1 Å². The van der Waals surface area contributed by atoms with Crippen molar-refractivity contribution >= 4 is 49.4 Å². The van der Waals surface area contributed by atoms with Gasteiger partial charge in [-0.05, 0) is 74.3 Å². The van der Waals surface area contributed by atoms with Crippen LogP contribution < -0.4 is 0 Å². The van der Waals surface area contributed by atoms with Crippen LogP contribution in [0.3, 0.4) is 0 Å². The maximum Gasteiger partial charge on any atom is 0.417 e. The summed E-state index contributed by atoms with van der Waals surface area (Å²) in [7, 11) is 0. The van der Waals surface area contributed by atoms with Crippen LogP contribution in [0.25, 0.3) is 43.1 Å². The van der Waals surface area contributed by atoms with Gasteiger partial charge >= 0.3 is 18.5 Å². The fourth-order valence-electron chi connectivity index (χ4n) is 5.25. The van der Waals surface area contributed by atoms with Crippen molar-refractivity contribution in [2.45, 2.75) is 37.8 Å². The lowest BCUT2D eigenvalue weighted by Gasteiger charge is -2.23. The highest BCUT2D eigenvalue weighted by Crippen LogP contribution is 2.50. The third-order valence-corrected chi connectivity index (χ3v) is 6.67. The Labute approximate surface area is 202 Å². The van der Waals surface area contributed by atoms with Crippen LogP contribution in [0.4, 0.5) is 39.5 Å². The second-order valence-corrected chi connectivity index (χ2v) is 8.81. The maximum absolute atomic E-state index is 14.1. The summed E-state index contributed by atoms with van der Waals surface area (Å²) in [6.45, 7) is 0. The van der Waals surface area contributed by atoms with E-state index in [1.165, 1.54) is 12.1 Å². The molecular formula is C27H15F9O. The number of unbranched alkanes of at least 4 members (excludes halogenated alkanes) is 1. The fourth-order valence-corrected chi connectivity index (χ4v) is 5.25. The van der Waals surface area contributed by atoms with Crippen molar-refractivity contribution in [3.8, 4) is 0 Å². The summed E-state index contributed by atoms with van der Waals surface area (Å²) in [6, 6.07) is 7.81. The summed E-state index contributed by atoms with van der Waals surface area (Å²) < 4.78 is 125. The number of aldehydes is 1. The van der Waals surface area contributed by atoms with E-state index in [1.807, 2.05) is 0 Å². The van der Waals surface area contributed by atoms with Crippen molar-refractivity contribution in [3.63, 3.8) is 0 Å². The molecule has 0 saturated heterocycles. The second-order valence-electron chi connectivity index (χ2n) is 8.81. The number of hydrogen-bond donors (Lipinski definition) is 0. The molecule has 5 aromatic carbocycles. The van der Waals surface area contributed by atoms with Crippen molar-refractivity contribution < 1.29 is 44.3 Å². The Kier molecular flexibility index (Phi) is 5.58. The van der Waals surface area contributed by atoms with Gasteiger partial charge in [-0.15, -0.1) is 0 Å². The van der Waals surface area contributed by atoms with Gasteiger partial charge < -0.3 is 4.79 Å². The summed E-state index contributed by atoms with van der Waals surface area (Å²) in [5.74, 6) is 0. The molecule has 10 heteroatoms. The summed E-state index contributed by atoms with van der Waals surface area (Å²) in [5.41, 5.74) is -3.63. The van der Waals surface area contributed by atoms with Crippen LogP contribution in [0.1, 0.15) is 35.1 Å². The number of carbonyl (C=O) groups excluding carboxylic acids is 1. The van der Waals surface area contributed by atoms with Gasteiger partial charge in [0.25, 0.3) is 0 Å². The van der Waals surface area contributed by atoms with Crippen LogP contribution in [-0.4, -0.2) is 6.29 Å². The van der Waals surface area contributed by atoms with Gasteiger partial charge in [0.1, 0.15) is 6.29 Å². The quantitative estimate of drug-likeness (QED) is 0.0750. The average molecular weight is 526 g/mol. The number of alkyl halides is 9. The van der Waals surface area contributed by atoms with E-state index < -0.39 is 40.6 Å². The van der Waals surface area contributed by atoms with E-state index in [4.69, 9.17) is 0 Å². The first-order chi connectivity index (χ1) is 17.2. The molecule has 0 amide bonds. The smallest absolute Gasteiger partial charge is 0.303 e. The van der Waals surface area contributed by atoms with E-state index in [0.717, 1.165) is 24.3 Å². The highest BCUT2D eigenvalue weighted by molar-refractivity contribution is 6.34. The molecule has 0 saturated carbocycles. The first-order valence-corrected chi connectivity index (χ1v) is 11.1. The van der Waals surface area contributed by atoms with Gasteiger partial charge in [-0.1, -0.05) is 30.3 Å². The van der Waals surface area contributed by atoms with Crippen LogP contribution >= 0.6 is 0 Å². The summed E-state index contributed by atoms with van der Waals surface area (Å²) in [6.07, 6.45) is -13.8. The largest absolute Gasteiger partial charge is 0.417 e. The standard InChI is InChI=1S/C27H15F9O/c28-25(29,30)18-9-6-15-17-8-11-20(27(34,35)36)24-19(26(31,32)33)10-7-16(23(17)24)14-5-4-13(3-1-2-12-37)21(18)22(14)15/h4-12H,1-3H2. The van der Waals surface area contributed by atoms with E-state index in [-0.39, 0.29) is 62.5 Å². The first-order valence-electron chi connectivity index (χ1n) is 11.1. The Hall–Kier alpha value is -3.56. The molecule has 0 fully saturated rings. The Morgan fingerprint density at radius 2 is 0.892 bits per heavy atom. The molecule has 5 rings (SSSR count). The molecule has 0 bridgehead atoms. The van der Waals surface area contributed by atoms with Crippen molar-refractivity contribution in [2.75, 3.05) is 0 Å². The van der Waals surface area contributed by atoms with Crippen molar-refractivity contribution in [1.82, 2.24) is 0 Å². The van der Waals surface area contributed by atoms with Crippen LogP contribution in [0.5, 0.6) is 0 Å². The van der Waals surface area contributed by atoms with Crippen LogP contribution in [0, 0.1) is 0 Å². The molecule has 0 atom stereocenters. The Morgan fingerprint density at radius 3 is 1.30 bits per heavy atom. The molecule has 0 spiro atoms. The van der Waals surface area contributed by atoms with E-state index in [0.29, 0.717) is 18.4 Å². The zero-order valence-corrected chi connectivity index (χ0v) is 18.6. The number of fused-ring (bicyclic) bond motifs is 2. The zero-order valence-electron chi connectivity index (χ0n) is 18.6. The molecule has 0 unspecified atom stereocenters. The van der Waals surface area contributed by atoms with Gasteiger partial charge in [-0.3, -0.25) is 0 Å². The molecule has 1 nitrogen and oxygen atoms in total. The van der Waals surface area contributed by atoms with Gasteiger partial charge in [0.2, 0.25) is 0 Å². The monoisotopic (exact) mass is 526 g/mol. The van der Waals surface area contributed by atoms with Crippen molar-refractivity contribution in [2.24, 2.45) is 0 Å². The van der Waals surface area contributed by atoms with E-state index in [2.05, 4.69) is 0 Å². The lowest BCUT2D eigenvalue weighted by Crippen LogP contribution is -2.12. The molecule has 0 radical (unpaired) electrons. The van der Waals surface area contributed by atoms with E-state index in [1.54, 1.807) is 0 Å². The minimum Gasteiger partial charge on any atom is -0.303 e. The number of benzene rings is 5. The molecule has 0 N–H and O–H groups in total. The van der Waals surface area contributed by atoms with Gasteiger partial charge in [0, 0.05) is 11.8 Å². The molecule has 37 heavy (non-hydrogen) atoms. The van der Waals surface area contributed by atoms with Gasteiger partial charge in [-0.2, -0.15) is 39.5 Å². The summed E-state index contributed by atoms with van der Waals surface area (Å²) in [4.78, 5) is 10.7. The predicted molar refractivity (Wildman–Crippen MR) is 122 cm³/mol. The molecule has 0 aromatic heterocycles. The van der Waals surface area contributed by atoms with Gasteiger partial charge in [0.05, 0.1) is 16.7 Å². The number of halogens is 9. The lowest BCUT2D eigenvalue weighted by atomic mass is 9.83. The lowest BCUT2D eigenvalue weighted by molar-refractivity contribution is -0.140. The Balaban J connectivity index is 2.03. The Morgan fingerprint density at radius 1 is 0.514 bits per heavy atom.